The van der Waals surface area contributed by atoms with Gasteiger partial charge in [-0.25, -0.2) is 0 Å². The third kappa shape index (κ3) is 4.51. The first kappa shape index (κ1) is 26.0. The number of aromatic nitrogens is 1. The molecule has 1 aromatic heterocycles. The summed E-state index contributed by atoms with van der Waals surface area (Å²) in [6.07, 6.45) is 0. The Kier molecular flexibility index (Phi) is 6.56. The molecule has 0 saturated carbocycles. The van der Waals surface area contributed by atoms with Crippen molar-refractivity contribution in [2.45, 2.75) is 20.8 Å². The van der Waals surface area contributed by atoms with Crippen LogP contribution in [0.4, 0.5) is 0 Å². The van der Waals surface area contributed by atoms with Crippen molar-refractivity contribution in [3.8, 4) is 5.69 Å². The van der Waals surface area contributed by atoms with Crippen LogP contribution in [0.3, 0.4) is 0 Å². The molecule has 0 unspecified atom stereocenters. The molecule has 1 heterocycles. The van der Waals surface area contributed by atoms with E-state index in [2.05, 4.69) is 9.72 Å². The molecule has 6 rings (SSSR count). The number of oxime groups is 1. The normalized spacial score (nSPS) is 11.7. The molecule has 0 radical (unpaired) electrons. The summed E-state index contributed by atoms with van der Waals surface area (Å²) in [5, 5.41) is 14.3. The lowest BCUT2D eigenvalue weighted by Gasteiger charge is -2.10. The lowest BCUT2D eigenvalue weighted by molar-refractivity contribution is 0.103. The van der Waals surface area contributed by atoms with Gasteiger partial charge in [-0.3, -0.25) is 9.59 Å². The van der Waals surface area contributed by atoms with Crippen LogP contribution < -0.4 is 0 Å². The summed E-state index contributed by atoms with van der Waals surface area (Å²) in [6.45, 7) is 5.62. The molecule has 5 nitrogen and oxygen atoms in total. The highest BCUT2D eigenvalue weighted by Gasteiger charge is 2.19. The summed E-state index contributed by atoms with van der Waals surface area (Å²) in [5.41, 5.74) is 8.45. The van der Waals surface area contributed by atoms with Gasteiger partial charge in [-0.05, 0) is 86.0 Å². The van der Waals surface area contributed by atoms with Gasteiger partial charge in [0.1, 0.15) is 0 Å². The Morgan fingerprint density at radius 2 is 1.05 bits per heavy atom. The maximum atomic E-state index is 13.6. The summed E-state index contributed by atoms with van der Waals surface area (Å²) in [7, 11) is 0. The molecule has 0 aliphatic carbocycles. The standard InChI is InChI=1S/C36H28N2O3/c1-22-8-4-6-10-29(22)35(39)26-14-18-33-31(20-26)32-21-27(36(40)30-11-7-5-9-23(30)2)15-19-34(32)38(33)28-16-12-25(13-17-28)24(3)37-41/h4-21,41H,1-3H3. The smallest absolute Gasteiger partial charge is 0.193 e. The van der Waals surface area contributed by atoms with E-state index in [0.717, 1.165) is 44.2 Å². The molecule has 0 spiro atoms. The van der Waals surface area contributed by atoms with Gasteiger partial charge in [-0.1, -0.05) is 65.8 Å². The van der Waals surface area contributed by atoms with Crippen LogP contribution in [0, 0.1) is 13.8 Å². The third-order valence-corrected chi connectivity index (χ3v) is 7.76. The predicted octanol–water partition coefficient (Wildman–Crippen LogP) is 8.06. The van der Waals surface area contributed by atoms with Crippen molar-refractivity contribution < 1.29 is 14.8 Å². The molecule has 0 aliphatic rings. The number of hydrogen-bond acceptors (Lipinski definition) is 4. The highest BCUT2D eigenvalue weighted by molar-refractivity contribution is 6.18. The van der Waals surface area contributed by atoms with Crippen molar-refractivity contribution in [2.75, 3.05) is 0 Å². The van der Waals surface area contributed by atoms with Crippen LogP contribution in [0.25, 0.3) is 27.5 Å². The molecule has 0 amide bonds. The Bertz CT molecular complexity index is 1900. The third-order valence-electron chi connectivity index (χ3n) is 7.76. The van der Waals surface area contributed by atoms with Gasteiger partial charge in [0.25, 0.3) is 0 Å². The van der Waals surface area contributed by atoms with Gasteiger partial charge >= 0.3 is 0 Å². The maximum Gasteiger partial charge on any atom is 0.193 e. The van der Waals surface area contributed by atoms with Gasteiger partial charge in [0, 0.05) is 38.7 Å². The highest BCUT2D eigenvalue weighted by Crippen LogP contribution is 2.34. The van der Waals surface area contributed by atoms with E-state index < -0.39 is 0 Å². The van der Waals surface area contributed by atoms with Gasteiger partial charge in [-0.15, -0.1) is 0 Å². The van der Waals surface area contributed by atoms with Crippen LogP contribution in [0.15, 0.2) is 114 Å². The van der Waals surface area contributed by atoms with Crippen molar-refractivity contribution in [1.82, 2.24) is 4.57 Å². The van der Waals surface area contributed by atoms with Crippen molar-refractivity contribution in [1.29, 1.82) is 0 Å². The molecule has 200 valence electrons. The SMILES string of the molecule is CC(=NO)c1ccc(-n2c3ccc(C(=O)c4ccccc4C)cc3c3cc(C(=O)c4ccccc4C)ccc32)cc1. The minimum absolute atomic E-state index is 0.0406. The number of carbonyl (C=O) groups is 2. The van der Waals surface area contributed by atoms with E-state index in [1.165, 1.54) is 0 Å². The first-order valence-electron chi connectivity index (χ1n) is 13.5. The van der Waals surface area contributed by atoms with Crippen molar-refractivity contribution in [2.24, 2.45) is 5.16 Å². The Morgan fingerprint density at radius 1 is 0.610 bits per heavy atom. The molecular formula is C36H28N2O3. The van der Waals surface area contributed by atoms with Crippen molar-refractivity contribution in [3.05, 3.63) is 148 Å². The largest absolute Gasteiger partial charge is 0.411 e. The Morgan fingerprint density at radius 3 is 1.49 bits per heavy atom. The van der Waals surface area contributed by atoms with Gasteiger partial charge in [0.15, 0.2) is 11.6 Å². The van der Waals surface area contributed by atoms with Crippen LogP contribution in [-0.2, 0) is 0 Å². The minimum Gasteiger partial charge on any atom is -0.411 e. The van der Waals surface area contributed by atoms with Crippen LogP contribution >= 0.6 is 0 Å². The lowest BCUT2D eigenvalue weighted by atomic mass is 9.96. The molecule has 1 N–H and O–H groups in total. The average Bonchev–Trinajstić information content (AvgIpc) is 3.33. The molecular weight excluding hydrogens is 508 g/mol. The number of benzene rings is 5. The summed E-state index contributed by atoms with van der Waals surface area (Å²) in [5.74, 6) is -0.0812. The molecule has 0 fully saturated rings. The van der Waals surface area contributed by atoms with E-state index in [-0.39, 0.29) is 11.6 Å². The second-order valence-corrected chi connectivity index (χ2v) is 10.3. The zero-order chi connectivity index (χ0) is 28.7. The van der Waals surface area contributed by atoms with Crippen LogP contribution in [0.2, 0.25) is 0 Å². The summed E-state index contributed by atoms with van der Waals surface area (Å²) >= 11 is 0. The number of nitrogens with zero attached hydrogens (tertiary/aromatic N) is 2. The fraction of sp³-hybridized carbons (Fsp3) is 0.0833. The number of aryl methyl sites for hydroxylation is 2. The number of rotatable bonds is 6. The monoisotopic (exact) mass is 536 g/mol. The second kappa shape index (κ2) is 10.4. The first-order chi connectivity index (χ1) is 19.9. The van der Waals surface area contributed by atoms with Crippen LogP contribution in [0.1, 0.15) is 55.5 Å². The second-order valence-electron chi connectivity index (χ2n) is 10.3. The van der Waals surface area contributed by atoms with Crippen LogP contribution in [-0.4, -0.2) is 27.1 Å². The Labute approximate surface area is 238 Å². The minimum atomic E-state index is -0.0406. The zero-order valence-corrected chi connectivity index (χ0v) is 23.1. The number of fused-ring (bicyclic) bond motifs is 3. The van der Waals surface area contributed by atoms with Crippen molar-refractivity contribution in [3.63, 3.8) is 0 Å². The van der Waals surface area contributed by atoms with Crippen molar-refractivity contribution >= 4 is 39.1 Å². The fourth-order valence-electron chi connectivity index (χ4n) is 5.46. The summed E-state index contributed by atoms with van der Waals surface area (Å²) < 4.78 is 2.13. The van der Waals surface area contributed by atoms with Gasteiger partial charge < -0.3 is 9.77 Å². The van der Waals surface area contributed by atoms with E-state index >= 15 is 0 Å². The van der Waals surface area contributed by atoms with Gasteiger partial charge in [0.05, 0.1) is 16.7 Å². The summed E-state index contributed by atoms with van der Waals surface area (Å²) in [6, 6.07) is 34.5. The topological polar surface area (TPSA) is 71.7 Å². The quantitative estimate of drug-likeness (QED) is 0.101. The first-order valence-corrected chi connectivity index (χ1v) is 13.5. The lowest BCUT2D eigenvalue weighted by Crippen LogP contribution is -2.03. The predicted molar refractivity (Wildman–Crippen MR) is 164 cm³/mol. The van der Waals surface area contributed by atoms with E-state index in [9.17, 15) is 14.8 Å². The molecule has 0 bridgehead atoms. The van der Waals surface area contributed by atoms with Gasteiger partial charge in [-0.2, -0.15) is 0 Å². The number of ketones is 2. The maximum absolute atomic E-state index is 13.6. The molecule has 41 heavy (non-hydrogen) atoms. The Balaban J connectivity index is 1.57. The molecule has 0 aliphatic heterocycles. The molecule has 0 atom stereocenters. The van der Waals surface area contributed by atoms with E-state index in [0.29, 0.717) is 28.0 Å². The van der Waals surface area contributed by atoms with E-state index in [1.54, 1.807) is 6.92 Å². The molecule has 0 saturated heterocycles. The molecule has 6 aromatic rings. The van der Waals surface area contributed by atoms with Gasteiger partial charge in [0.2, 0.25) is 0 Å². The molecule has 5 aromatic carbocycles. The number of hydrogen-bond donors (Lipinski definition) is 1. The molecule has 5 heteroatoms. The zero-order valence-electron chi connectivity index (χ0n) is 23.1. The van der Waals surface area contributed by atoms with E-state index in [4.69, 9.17) is 0 Å². The Hall–Kier alpha value is -5.29. The fourth-order valence-corrected chi connectivity index (χ4v) is 5.46. The number of carbonyl (C=O) groups excluding carboxylic acids is 2. The average molecular weight is 537 g/mol. The highest BCUT2D eigenvalue weighted by atomic mass is 16.4. The van der Waals surface area contributed by atoms with Crippen LogP contribution in [0.5, 0.6) is 0 Å². The van der Waals surface area contributed by atoms with E-state index in [1.807, 2.05) is 123 Å². The summed E-state index contributed by atoms with van der Waals surface area (Å²) in [4.78, 5) is 27.1.